The second-order valence-electron chi connectivity index (χ2n) is 8.84. The molecule has 0 aromatic heterocycles. The zero-order valence-electron chi connectivity index (χ0n) is 18.7. The number of para-hydroxylation sites is 3. The smallest absolute Gasteiger partial charge is 0.221 e. The fourth-order valence-electron chi connectivity index (χ4n) is 5.17. The van der Waals surface area contributed by atoms with Crippen molar-refractivity contribution in [1.82, 2.24) is 0 Å². The monoisotopic (exact) mass is 431 g/mol. The fourth-order valence-corrected chi connectivity index (χ4v) is 5.17. The van der Waals surface area contributed by atoms with Crippen molar-refractivity contribution in [1.29, 1.82) is 0 Å². The number of piperidine rings is 2. The van der Waals surface area contributed by atoms with Gasteiger partial charge in [-0.25, -0.2) is 4.99 Å². The first-order valence-corrected chi connectivity index (χ1v) is 11.9. The maximum Gasteiger partial charge on any atom is 0.221 e. The molecule has 4 N–H and O–H groups in total. The van der Waals surface area contributed by atoms with E-state index in [1.165, 1.54) is 49.9 Å². The van der Waals surface area contributed by atoms with Gasteiger partial charge in [0.25, 0.3) is 0 Å². The summed E-state index contributed by atoms with van der Waals surface area (Å²) in [5.41, 5.74) is 17.2. The molecule has 5 rings (SSSR count). The molecule has 3 aliphatic heterocycles. The van der Waals surface area contributed by atoms with E-state index in [1.54, 1.807) is 0 Å². The summed E-state index contributed by atoms with van der Waals surface area (Å²) in [6.45, 7) is 4.25. The normalized spacial score (nSPS) is 21.9. The summed E-state index contributed by atoms with van der Waals surface area (Å²) in [5.74, 6) is 0.619. The predicted octanol–water partition coefficient (Wildman–Crippen LogP) is 3.82. The Bertz CT molecular complexity index is 1000. The van der Waals surface area contributed by atoms with E-state index in [0.29, 0.717) is 5.96 Å². The molecule has 32 heavy (non-hydrogen) atoms. The molecule has 3 aliphatic rings. The second kappa shape index (κ2) is 9.10. The molecule has 1 unspecified atom stereocenters. The number of benzene rings is 2. The summed E-state index contributed by atoms with van der Waals surface area (Å²) in [7, 11) is 0. The van der Waals surface area contributed by atoms with Crippen molar-refractivity contribution in [2.45, 2.75) is 44.7 Å². The summed E-state index contributed by atoms with van der Waals surface area (Å²) < 4.78 is 0. The van der Waals surface area contributed by atoms with Gasteiger partial charge >= 0.3 is 0 Å². The standard InChI is InChI=1S/C25H33N7/c26-24-28-23(19-11-3-4-12-20(19)30-15-7-1-8-16-30)32(25(27)29-24)22-14-6-5-13-21(22)31-17-9-2-10-18-31/h3-6,11-14,23H,1-2,7-10,15-18H2,(H4,26,27,28,29). The molecule has 2 fully saturated rings. The number of rotatable bonds is 4. The molecule has 2 aromatic carbocycles. The van der Waals surface area contributed by atoms with Crippen LogP contribution in [-0.4, -0.2) is 38.1 Å². The van der Waals surface area contributed by atoms with Crippen molar-refractivity contribution in [3.63, 3.8) is 0 Å². The third-order valence-corrected chi connectivity index (χ3v) is 6.72. The van der Waals surface area contributed by atoms with Crippen LogP contribution in [0.4, 0.5) is 17.1 Å². The lowest BCUT2D eigenvalue weighted by Gasteiger charge is -2.39. The van der Waals surface area contributed by atoms with Crippen molar-refractivity contribution in [2.75, 3.05) is 40.9 Å². The highest BCUT2D eigenvalue weighted by Crippen LogP contribution is 2.40. The van der Waals surface area contributed by atoms with Gasteiger partial charge in [0, 0.05) is 37.4 Å². The first kappa shape index (κ1) is 20.7. The Hall–Kier alpha value is -3.22. The molecule has 0 bridgehead atoms. The van der Waals surface area contributed by atoms with Crippen molar-refractivity contribution >= 4 is 29.0 Å². The Morgan fingerprint density at radius 3 is 1.84 bits per heavy atom. The summed E-state index contributed by atoms with van der Waals surface area (Å²) in [6, 6.07) is 17.0. The third-order valence-electron chi connectivity index (χ3n) is 6.72. The van der Waals surface area contributed by atoms with E-state index >= 15 is 0 Å². The number of aliphatic imine (C=N–C) groups is 2. The molecular formula is C25H33N7. The Morgan fingerprint density at radius 2 is 1.19 bits per heavy atom. The number of nitrogens with zero attached hydrogens (tertiary/aromatic N) is 5. The summed E-state index contributed by atoms with van der Waals surface area (Å²) in [4.78, 5) is 16.2. The van der Waals surface area contributed by atoms with Gasteiger partial charge in [-0.2, -0.15) is 4.99 Å². The van der Waals surface area contributed by atoms with Crippen molar-refractivity contribution < 1.29 is 0 Å². The molecule has 3 heterocycles. The van der Waals surface area contributed by atoms with Crippen LogP contribution in [0.15, 0.2) is 58.5 Å². The van der Waals surface area contributed by atoms with Crippen molar-refractivity contribution in [3.05, 3.63) is 54.1 Å². The zero-order valence-corrected chi connectivity index (χ0v) is 18.7. The molecule has 2 aromatic rings. The van der Waals surface area contributed by atoms with E-state index in [1.807, 2.05) is 0 Å². The van der Waals surface area contributed by atoms with Crippen LogP contribution in [0.5, 0.6) is 0 Å². The van der Waals surface area contributed by atoms with Gasteiger partial charge in [0.2, 0.25) is 11.9 Å². The molecule has 0 radical (unpaired) electrons. The molecular weight excluding hydrogens is 398 g/mol. The van der Waals surface area contributed by atoms with E-state index in [0.717, 1.165) is 37.4 Å². The third kappa shape index (κ3) is 3.99. The largest absolute Gasteiger partial charge is 0.371 e. The van der Waals surface area contributed by atoms with E-state index in [4.69, 9.17) is 16.5 Å². The van der Waals surface area contributed by atoms with Crippen LogP contribution < -0.4 is 26.2 Å². The molecule has 7 heteroatoms. The van der Waals surface area contributed by atoms with Crippen LogP contribution in [0.3, 0.4) is 0 Å². The lowest BCUT2D eigenvalue weighted by molar-refractivity contribution is 0.573. The quantitative estimate of drug-likeness (QED) is 0.769. The molecule has 1 atom stereocenters. The highest BCUT2D eigenvalue weighted by Gasteiger charge is 2.32. The maximum absolute atomic E-state index is 6.54. The number of guanidine groups is 2. The van der Waals surface area contributed by atoms with Gasteiger partial charge in [0.1, 0.15) is 0 Å². The lowest BCUT2D eigenvalue weighted by Crippen LogP contribution is -2.45. The van der Waals surface area contributed by atoms with E-state index in [2.05, 4.69) is 68.2 Å². The number of nitrogens with two attached hydrogens (primary N) is 2. The minimum absolute atomic E-state index is 0.229. The Morgan fingerprint density at radius 1 is 0.656 bits per heavy atom. The summed E-state index contributed by atoms with van der Waals surface area (Å²) in [5, 5.41) is 0. The van der Waals surface area contributed by atoms with Crippen LogP contribution in [0, 0.1) is 0 Å². The van der Waals surface area contributed by atoms with Gasteiger partial charge < -0.3 is 21.3 Å². The zero-order chi connectivity index (χ0) is 21.9. The Labute approximate surface area is 190 Å². The minimum Gasteiger partial charge on any atom is -0.371 e. The average Bonchev–Trinajstić information content (AvgIpc) is 2.85. The topological polar surface area (TPSA) is 86.5 Å². The fraction of sp³-hybridized carbons (Fsp3) is 0.440. The van der Waals surface area contributed by atoms with Crippen molar-refractivity contribution in [3.8, 4) is 0 Å². The molecule has 0 saturated carbocycles. The summed E-state index contributed by atoms with van der Waals surface area (Å²) in [6.07, 6.45) is 7.09. The van der Waals surface area contributed by atoms with Crippen LogP contribution in [-0.2, 0) is 0 Å². The van der Waals surface area contributed by atoms with E-state index < -0.39 is 0 Å². The Kier molecular flexibility index (Phi) is 5.88. The van der Waals surface area contributed by atoms with Crippen LogP contribution in [0.1, 0.15) is 50.3 Å². The predicted molar refractivity (Wildman–Crippen MR) is 133 cm³/mol. The molecule has 7 nitrogen and oxygen atoms in total. The highest BCUT2D eigenvalue weighted by atomic mass is 15.4. The second-order valence-corrected chi connectivity index (χ2v) is 8.84. The molecule has 2 saturated heterocycles. The number of anilines is 3. The highest BCUT2D eigenvalue weighted by molar-refractivity contribution is 6.06. The maximum atomic E-state index is 6.54. The molecule has 0 aliphatic carbocycles. The van der Waals surface area contributed by atoms with Crippen LogP contribution >= 0.6 is 0 Å². The van der Waals surface area contributed by atoms with Gasteiger partial charge in [0.05, 0.1) is 11.4 Å². The van der Waals surface area contributed by atoms with E-state index in [-0.39, 0.29) is 12.1 Å². The van der Waals surface area contributed by atoms with Gasteiger partial charge in [-0.3, -0.25) is 4.90 Å². The van der Waals surface area contributed by atoms with Crippen LogP contribution in [0.2, 0.25) is 0 Å². The average molecular weight is 432 g/mol. The molecule has 0 amide bonds. The molecule has 168 valence electrons. The first-order valence-electron chi connectivity index (χ1n) is 11.9. The van der Waals surface area contributed by atoms with E-state index in [9.17, 15) is 0 Å². The Balaban J connectivity index is 1.59. The van der Waals surface area contributed by atoms with Crippen LogP contribution in [0.25, 0.3) is 0 Å². The molecule has 0 spiro atoms. The van der Waals surface area contributed by atoms with Gasteiger partial charge in [-0.1, -0.05) is 30.3 Å². The number of hydrogen-bond donors (Lipinski definition) is 2. The van der Waals surface area contributed by atoms with Gasteiger partial charge in [0.15, 0.2) is 6.17 Å². The van der Waals surface area contributed by atoms with Crippen molar-refractivity contribution in [2.24, 2.45) is 21.5 Å². The SMILES string of the molecule is NC1=NC(c2ccccc2N2CCCCC2)N(c2ccccc2N2CCCCC2)C(N)=N1. The first-order chi connectivity index (χ1) is 15.7. The van der Waals surface area contributed by atoms with Gasteiger partial charge in [-0.15, -0.1) is 0 Å². The summed E-state index contributed by atoms with van der Waals surface area (Å²) >= 11 is 0. The lowest BCUT2D eigenvalue weighted by atomic mass is 10.0. The number of hydrogen-bond acceptors (Lipinski definition) is 7. The van der Waals surface area contributed by atoms with Gasteiger partial charge in [-0.05, 0) is 56.7 Å². The minimum atomic E-state index is -0.350.